The molecule has 1 atom stereocenters. The first-order valence-electron chi connectivity index (χ1n) is 6.18. The van der Waals surface area contributed by atoms with Crippen LogP contribution in [0, 0.1) is 5.92 Å². The van der Waals surface area contributed by atoms with Crippen molar-refractivity contribution < 1.29 is 4.74 Å². The fourth-order valence-corrected chi connectivity index (χ4v) is 1.69. The molecule has 0 aromatic rings. The minimum atomic E-state index is 0.311. The molecule has 1 aliphatic carbocycles. The van der Waals surface area contributed by atoms with Crippen molar-refractivity contribution >= 4 is 0 Å². The first-order valence-corrected chi connectivity index (χ1v) is 6.18. The summed E-state index contributed by atoms with van der Waals surface area (Å²) in [5.74, 6) is 0.773. The molecule has 2 nitrogen and oxygen atoms in total. The Morgan fingerprint density at radius 1 is 1.21 bits per heavy atom. The summed E-state index contributed by atoms with van der Waals surface area (Å²) in [6, 6.07) is 0.311. The van der Waals surface area contributed by atoms with Gasteiger partial charge in [0.15, 0.2) is 0 Å². The SMILES string of the molecule is CCCCCCCOCC(N)C1CC1. The average molecular weight is 199 g/mol. The van der Waals surface area contributed by atoms with E-state index in [2.05, 4.69) is 6.92 Å². The Morgan fingerprint density at radius 3 is 2.57 bits per heavy atom. The fourth-order valence-electron chi connectivity index (χ4n) is 1.69. The molecule has 0 bridgehead atoms. The van der Waals surface area contributed by atoms with Gasteiger partial charge in [-0.3, -0.25) is 0 Å². The number of ether oxygens (including phenoxy) is 1. The lowest BCUT2D eigenvalue weighted by Gasteiger charge is -2.10. The van der Waals surface area contributed by atoms with Crippen molar-refractivity contribution in [2.24, 2.45) is 11.7 Å². The Bertz CT molecular complexity index is 134. The summed E-state index contributed by atoms with van der Waals surface area (Å²) in [6.07, 6.45) is 9.19. The van der Waals surface area contributed by atoms with E-state index in [-0.39, 0.29) is 0 Å². The van der Waals surface area contributed by atoms with E-state index < -0.39 is 0 Å². The van der Waals surface area contributed by atoms with Gasteiger partial charge >= 0.3 is 0 Å². The molecule has 0 saturated heterocycles. The van der Waals surface area contributed by atoms with E-state index >= 15 is 0 Å². The Labute approximate surface area is 88.2 Å². The third-order valence-corrected chi connectivity index (χ3v) is 2.93. The molecule has 0 radical (unpaired) electrons. The van der Waals surface area contributed by atoms with Gasteiger partial charge in [-0.1, -0.05) is 32.6 Å². The standard InChI is InChI=1S/C12H25NO/c1-2-3-4-5-6-9-14-10-12(13)11-7-8-11/h11-12H,2-10,13H2,1H3. The molecule has 1 saturated carbocycles. The van der Waals surface area contributed by atoms with Crippen molar-refractivity contribution in [1.82, 2.24) is 0 Å². The smallest absolute Gasteiger partial charge is 0.0620 e. The van der Waals surface area contributed by atoms with Crippen molar-refractivity contribution in [3.8, 4) is 0 Å². The van der Waals surface area contributed by atoms with Crippen molar-refractivity contribution in [1.29, 1.82) is 0 Å². The second kappa shape index (κ2) is 7.24. The number of hydrogen-bond acceptors (Lipinski definition) is 2. The number of nitrogens with two attached hydrogens (primary N) is 1. The molecule has 1 aliphatic rings. The van der Waals surface area contributed by atoms with Gasteiger partial charge in [0.2, 0.25) is 0 Å². The summed E-state index contributed by atoms with van der Waals surface area (Å²) in [5.41, 5.74) is 5.92. The monoisotopic (exact) mass is 199 g/mol. The summed E-state index contributed by atoms with van der Waals surface area (Å²) < 4.78 is 5.55. The van der Waals surface area contributed by atoms with Crippen molar-refractivity contribution in [2.45, 2.75) is 57.9 Å². The predicted octanol–water partition coefficient (Wildman–Crippen LogP) is 2.71. The van der Waals surface area contributed by atoms with Crippen LogP contribution in [-0.4, -0.2) is 19.3 Å². The molecule has 2 N–H and O–H groups in total. The zero-order chi connectivity index (χ0) is 10.2. The number of hydrogen-bond donors (Lipinski definition) is 1. The van der Waals surface area contributed by atoms with Crippen LogP contribution in [0.4, 0.5) is 0 Å². The summed E-state index contributed by atoms with van der Waals surface area (Å²) in [7, 11) is 0. The van der Waals surface area contributed by atoms with E-state index in [9.17, 15) is 0 Å². The quantitative estimate of drug-likeness (QED) is 0.579. The average Bonchev–Trinajstić information content (AvgIpc) is 2.99. The van der Waals surface area contributed by atoms with Crippen LogP contribution < -0.4 is 5.73 Å². The van der Waals surface area contributed by atoms with Gasteiger partial charge < -0.3 is 10.5 Å². The first-order chi connectivity index (χ1) is 6.84. The van der Waals surface area contributed by atoms with Gasteiger partial charge in [0, 0.05) is 12.6 Å². The summed E-state index contributed by atoms with van der Waals surface area (Å²) in [5, 5.41) is 0. The second-order valence-electron chi connectivity index (χ2n) is 4.49. The topological polar surface area (TPSA) is 35.2 Å². The zero-order valence-corrected chi connectivity index (χ0v) is 9.50. The summed E-state index contributed by atoms with van der Waals surface area (Å²) in [4.78, 5) is 0. The number of rotatable bonds is 9. The van der Waals surface area contributed by atoms with Crippen LogP contribution in [0.1, 0.15) is 51.9 Å². The van der Waals surface area contributed by atoms with Gasteiger partial charge in [-0.05, 0) is 25.2 Å². The molecule has 0 amide bonds. The second-order valence-corrected chi connectivity index (χ2v) is 4.49. The highest BCUT2D eigenvalue weighted by Crippen LogP contribution is 2.31. The summed E-state index contributed by atoms with van der Waals surface area (Å²) >= 11 is 0. The molecular weight excluding hydrogens is 174 g/mol. The molecule has 0 aromatic heterocycles. The predicted molar refractivity (Wildman–Crippen MR) is 60.3 cm³/mol. The molecule has 14 heavy (non-hydrogen) atoms. The van der Waals surface area contributed by atoms with Crippen LogP contribution in [0.15, 0.2) is 0 Å². The van der Waals surface area contributed by atoms with Gasteiger partial charge in [-0.2, -0.15) is 0 Å². The van der Waals surface area contributed by atoms with Crippen LogP contribution in [0.2, 0.25) is 0 Å². The van der Waals surface area contributed by atoms with Crippen LogP contribution in [0.25, 0.3) is 0 Å². The molecule has 0 heterocycles. The van der Waals surface area contributed by atoms with Gasteiger partial charge in [0.25, 0.3) is 0 Å². The lowest BCUT2D eigenvalue weighted by atomic mass is 10.2. The highest BCUT2D eigenvalue weighted by Gasteiger charge is 2.28. The maximum absolute atomic E-state index is 5.92. The van der Waals surface area contributed by atoms with Crippen LogP contribution in [0.5, 0.6) is 0 Å². The highest BCUT2D eigenvalue weighted by molar-refractivity contribution is 4.83. The van der Waals surface area contributed by atoms with Gasteiger partial charge in [0.05, 0.1) is 6.61 Å². The lowest BCUT2D eigenvalue weighted by molar-refractivity contribution is 0.112. The molecule has 0 aliphatic heterocycles. The molecule has 84 valence electrons. The Kier molecular flexibility index (Phi) is 6.20. The minimum absolute atomic E-state index is 0.311. The van der Waals surface area contributed by atoms with Crippen LogP contribution >= 0.6 is 0 Å². The van der Waals surface area contributed by atoms with Gasteiger partial charge in [-0.15, -0.1) is 0 Å². The Balaban J connectivity index is 1.75. The van der Waals surface area contributed by atoms with E-state index in [0.29, 0.717) is 6.04 Å². The Morgan fingerprint density at radius 2 is 1.93 bits per heavy atom. The maximum atomic E-state index is 5.92. The normalized spacial score (nSPS) is 18.4. The number of unbranched alkanes of at least 4 members (excludes halogenated alkanes) is 4. The zero-order valence-electron chi connectivity index (χ0n) is 9.50. The van der Waals surface area contributed by atoms with Crippen molar-refractivity contribution in [3.63, 3.8) is 0 Å². The van der Waals surface area contributed by atoms with Crippen molar-refractivity contribution in [2.75, 3.05) is 13.2 Å². The first kappa shape index (κ1) is 12.0. The molecular formula is C12H25NO. The molecule has 2 heteroatoms. The third-order valence-electron chi connectivity index (χ3n) is 2.93. The van der Waals surface area contributed by atoms with E-state index in [1.165, 1.54) is 44.9 Å². The largest absolute Gasteiger partial charge is 0.380 e. The fraction of sp³-hybridized carbons (Fsp3) is 1.00. The molecule has 1 fully saturated rings. The summed E-state index contributed by atoms with van der Waals surface area (Å²) in [6.45, 7) is 3.92. The third kappa shape index (κ3) is 5.61. The molecule has 0 spiro atoms. The van der Waals surface area contributed by atoms with E-state index in [1.54, 1.807) is 0 Å². The van der Waals surface area contributed by atoms with Crippen LogP contribution in [-0.2, 0) is 4.74 Å². The van der Waals surface area contributed by atoms with Crippen LogP contribution in [0.3, 0.4) is 0 Å². The van der Waals surface area contributed by atoms with E-state index in [4.69, 9.17) is 10.5 Å². The highest BCUT2D eigenvalue weighted by atomic mass is 16.5. The van der Waals surface area contributed by atoms with Crippen molar-refractivity contribution in [3.05, 3.63) is 0 Å². The molecule has 0 aromatic carbocycles. The molecule has 1 unspecified atom stereocenters. The minimum Gasteiger partial charge on any atom is -0.380 e. The maximum Gasteiger partial charge on any atom is 0.0620 e. The van der Waals surface area contributed by atoms with Gasteiger partial charge in [0.1, 0.15) is 0 Å². The lowest BCUT2D eigenvalue weighted by Crippen LogP contribution is -2.28. The van der Waals surface area contributed by atoms with Gasteiger partial charge in [-0.25, -0.2) is 0 Å². The Hall–Kier alpha value is -0.0800. The van der Waals surface area contributed by atoms with E-state index in [0.717, 1.165) is 19.1 Å². The molecule has 1 rings (SSSR count). The van der Waals surface area contributed by atoms with E-state index in [1.807, 2.05) is 0 Å².